The quantitative estimate of drug-likeness (QED) is 0.846. The molecule has 0 aliphatic rings. The molecule has 4 nitrogen and oxygen atoms in total. The topological polar surface area (TPSA) is 68.0 Å². The molecular formula is C13H10BrN3OS. The van der Waals surface area contributed by atoms with Crippen molar-refractivity contribution in [1.29, 1.82) is 0 Å². The number of hydrogen-bond acceptors (Lipinski definition) is 3. The highest BCUT2D eigenvalue weighted by Crippen LogP contribution is 2.16. The fraction of sp³-hybridized carbons (Fsp3) is 0. The fourth-order valence-electron chi connectivity index (χ4n) is 1.44. The van der Waals surface area contributed by atoms with Crippen molar-refractivity contribution in [3.05, 3.63) is 58.3 Å². The second-order valence-electron chi connectivity index (χ2n) is 3.76. The number of pyridine rings is 1. The number of hydrogen-bond donors (Lipinski definition) is 2. The van der Waals surface area contributed by atoms with E-state index >= 15 is 0 Å². The molecule has 19 heavy (non-hydrogen) atoms. The van der Waals surface area contributed by atoms with Crippen LogP contribution < -0.4 is 11.1 Å². The van der Waals surface area contributed by atoms with Crippen molar-refractivity contribution in [3.8, 4) is 0 Å². The molecule has 1 aromatic heterocycles. The summed E-state index contributed by atoms with van der Waals surface area (Å²) in [5.41, 5.74) is 7.10. The van der Waals surface area contributed by atoms with E-state index in [0.717, 1.165) is 4.47 Å². The minimum Gasteiger partial charge on any atom is -0.389 e. The van der Waals surface area contributed by atoms with E-state index in [1.165, 1.54) is 6.20 Å². The van der Waals surface area contributed by atoms with Crippen LogP contribution in [0, 0.1) is 0 Å². The predicted octanol–water partition coefficient (Wildman–Crippen LogP) is 2.73. The van der Waals surface area contributed by atoms with Crippen molar-refractivity contribution >= 4 is 44.7 Å². The van der Waals surface area contributed by atoms with Crippen molar-refractivity contribution in [3.63, 3.8) is 0 Å². The lowest BCUT2D eigenvalue weighted by Gasteiger charge is -2.05. The van der Waals surface area contributed by atoms with Gasteiger partial charge in [-0.1, -0.05) is 34.2 Å². The Kier molecular flexibility index (Phi) is 4.24. The van der Waals surface area contributed by atoms with Gasteiger partial charge in [0.05, 0.1) is 0 Å². The summed E-state index contributed by atoms with van der Waals surface area (Å²) in [5, 5.41) is 2.75. The molecule has 2 aromatic rings. The molecule has 96 valence electrons. The number of halogens is 1. The monoisotopic (exact) mass is 335 g/mol. The van der Waals surface area contributed by atoms with Crippen LogP contribution in [0.3, 0.4) is 0 Å². The second-order valence-corrected chi connectivity index (χ2v) is 5.12. The number of anilines is 1. The van der Waals surface area contributed by atoms with E-state index in [1.807, 2.05) is 12.1 Å². The van der Waals surface area contributed by atoms with Crippen LogP contribution in [0.15, 0.2) is 47.1 Å². The molecule has 0 saturated heterocycles. The molecule has 3 N–H and O–H groups in total. The van der Waals surface area contributed by atoms with E-state index in [4.69, 9.17) is 18.0 Å². The Bertz CT molecular complexity index is 628. The molecule has 0 fully saturated rings. The molecule has 1 heterocycles. The van der Waals surface area contributed by atoms with E-state index in [1.54, 1.807) is 24.3 Å². The first-order valence-corrected chi connectivity index (χ1v) is 6.59. The van der Waals surface area contributed by atoms with Gasteiger partial charge in [-0.3, -0.25) is 9.78 Å². The molecule has 0 radical (unpaired) electrons. The van der Waals surface area contributed by atoms with Gasteiger partial charge in [-0.15, -0.1) is 0 Å². The highest BCUT2D eigenvalue weighted by molar-refractivity contribution is 9.10. The Balaban J connectivity index is 2.14. The molecule has 0 unspecified atom stereocenters. The van der Waals surface area contributed by atoms with Gasteiger partial charge in [0.2, 0.25) is 0 Å². The van der Waals surface area contributed by atoms with Crippen LogP contribution in [-0.2, 0) is 0 Å². The number of carbonyl (C=O) groups is 1. The normalized spacial score (nSPS) is 9.95. The largest absolute Gasteiger partial charge is 0.389 e. The lowest BCUT2D eigenvalue weighted by atomic mass is 10.2. The Morgan fingerprint density at radius 2 is 2.11 bits per heavy atom. The smallest absolute Gasteiger partial charge is 0.274 e. The van der Waals surface area contributed by atoms with E-state index in [-0.39, 0.29) is 10.9 Å². The highest BCUT2D eigenvalue weighted by atomic mass is 79.9. The summed E-state index contributed by atoms with van der Waals surface area (Å²) in [6.07, 6.45) is 1.48. The number of nitrogens with zero attached hydrogens (tertiary/aromatic N) is 1. The van der Waals surface area contributed by atoms with Gasteiger partial charge in [0.1, 0.15) is 10.7 Å². The number of nitrogens with one attached hydrogen (secondary N) is 1. The number of thiocarbonyl (C=S) groups is 1. The molecule has 0 aliphatic carbocycles. The maximum atomic E-state index is 12.0. The average molecular weight is 336 g/mol. The number of aromatic nitrogens is 1. The molecule has 6 heteroatoms. The lowest BCUT2D eigenvalue weighted by Crippen LogP contribution is -2.15. The van der Waals surface area contributed by atoms with Gasteiger partial charge in [0.25, 0.3) is 5.91 Å². The van der Waals surface area contributed by atoms with Crippen molar-refractivity contribution in [2.24, 2.45) is 5.73 Å². The van der Waals surface area contributed by atoms with E-state index in [2.05, 4.69) is 26.2 Å². The molecule has 0 bridgehead atoms. The third kappa shape index (κ3) is 3.59. The number of nitrogens with two attached hydrogens (primary N) is 1. The van der Waals surface area contributed by atoms with Crippen LogP contribution in [0.4, 0.5) is 5.69 Å². The summed E-state index contributed by atoms with van der Waals surface area (Å²) in [6.45, 7) is 0. The van der Waals surface area contributed by atoms with Gasteiger partial charge in [-0.25, -0.2) is 0 Å². The first kappa shape index (κ1) is 13.6. The van der Waals surface area contributed by atoms with Crippen LogP contribution in [0.5, 0.6) is 0 Å². The lowest BCUT2D eigenvalue weighted by molar-refractivity contribution is 0.102. The standard InChI is InChI=1S/C13H10BrN3OS/c14-9-2-1-3-10(6-9)17-13(18)11-5-4-8(7-16-11)12(15)19/h1-7H,(H2,15,19)(H,17,18). The summed E-state index contributed by atoms with van der Waals surface area (Å²) < 4.78 is 0.891. The van der Waals surface area contributed by atoms with Crippen LogP contribution in [-0.4, -0.2) is 15.9 Å². The number of carbonyl (C=O) groups excluding carboxylic acids is 1. The van der Waals surface area contributed by atoms with Crippen molar-refractivity contribution in [2.75, 3.05) is 5.32 Å². The molecular weight excluding hydrogens is 326 g/mol. The van der Waals surface area contributed by atoms with Crippen LogP contribution in [0.1, 0.15) is 16.1 Å². The Labute approximate surface area is 124 Å². The minimum atomic E-state index is -0.285. The summed E-state index contributed by atoms with van der Waals surface area (Å²) in [7, 11) is 0. The SMILES string of the molecule is NC(=S)c1ccc(C(=O)Nc2cccc(Br)c2)nc1. The van der Waals surface area contributed by atoms with Crippen molar-refractivity contribution < 1.29 is 4.79 Å². The first-order chi connectivity index (χ1) is 9.06. The zero-order valence-electron chi connectivity index (χ0n) is 9.76. The van der Waals surface area contributed by atoms with E-state index in [0.29, 0.717) is 16.9 Å². The molecule has 0 aliphatic heterocycles. The fourth-order valence-corrected chi connectivity index (χ4v) is 1.96. The Morgan fingerprint density at radius 1 is 1.32 bits per heavy atom. The van der Waals surface area contributed by atoms with Crippen LogP contribution in [0.2, 0.25) is 0 Å². The summed E-state index contributed by atoms with van der Waals surface area (Å²) in [5.74, 6) is -0.285. The molecule has 0 atom stereocenters. The van der Waals surface area contributed by atoms with Crippen molar-refractivity contribution in [2.45, 2.75) is 0 Å². The zero-order chi connectivity index (χ0) is 13.8. The maximum Gasteiger partial charge on any atom is 0.274 e. The maximum absolute atomic E-state index is 12.0. The summed E-state index contributed by atoms with van der Waals surface area (Å²) in [4.78, 5) is 16.2. The molecule has 1 amide bonds. The van der Waals surface area contributed by atoms with Crippen LogP contribution in [0.25, 0.3) is 0 Å². The van der Waals surface area contributed by atoms with Gasteiger partial charge in [0, 0.05) is 21.9 Å². The third-order valence-corrected chi connectivity index (χ3v) is 3.09. The van der Waals surface area contributed by atoms with Gasteiger partial charge in [-0.2, -0.15) is 0 Å². The molecule has 0 saturated carbocycles. The van der Waals surface area contributed by atoms with Gasteiger partial charge in [0.15, 0.2) is 0 Å². The van der Waals surface area contributed by atoms with Gasteiger partial charge in [-0.05, 0) is 30.3 Å². The Hall–Kier alpha value is -1.79. The average Bonchev–Trinajstić information content (AvgIpc) is 2.39. The number of rotatable bonds is 3. The van der Waals surface area contributed by atoms with E-state index in [9.17, 15) is 4.79 Å². The van der Waals surface area contributed by atoms with Crippen molar-refractivity contribution in [1.82, 2.24) is 4.98 Å². The molecule has 1 aromatic carbocycles. The predicted molar refractivity (Wildman–Crippen MR) is 82.2 cm³/mol. The number of amides is 1. The molecule has 2 rings (SSSR count). The van der Waals surface area contributed by atoms with Gasteiger partial charge < -0.3 is 11.1 Å². The zero-order valence-corrected chi connectivity index (χ0v) is 12.2. The Morgan fingerprint density at radius 3 is 2.68 bits per heavy atom. The van der Waals surface area contributed by atoms with Gasteiger partial charge >= 0.3 is 0 Å². The second kappa shape index (κ2) is 5.90. The summed E-state index contributed by atoms with van der Waals surface area (Å²) in [6, 6.07) is 10.6. The van der Waals surface area contributed by atoms with Crippen LogP contribution >= 0.6 is 28.1 Å². The molecule has 0 spiro atoms. The first-order valence-electron chi connectivity index (χ1n) is 5.39. The minimum absolute atomic E-state index is 0.256. The summed E-state index contributed by atoms with van der Waals surface area (Å²) >= 11 is 8.16. The highest BCUT2D eigenvalue weighted by Gasteiger charge is 2.08. The third-order valence-electron chi connectivity index (χ3n) is 2.36. The number of benzene rings is 1. The van der Waals surface area contributed by atoms with E-state index < -0.39 is 0 Å².